The number of aromatic nitrogens is 1. The second-order valence-electron chi connectivity index (χ2n) is 4.65. The molecule has 0 aliphatic heterocycles. The zero-order chi connectivity index (χ0) is 14.9. The van der Waals surface area contributed by atoms with Gasteiger partial charge in [0, 0.05) is 6.20 Å². The molecule has 1 aromatic carbocycles. The van der Waals surface area contributed by atoms with E-state index in [1.54, 1.807) is 25.1 Å². The van der Waals surface area contributed by atoms with E-state index in [0.717, 1.165) is 11.1 Å². The van der Waals surface area contributed by atoms with Crippen molar-refractivity contribution >= 4 is 27.3 Å². The zero-order valence-electron chi connectivity index (χ0n) is 11.4. The fraction of sp³-hybridized carbons (Fsp3) is 0.214. The average Bonchev–Trinajstić information content (AvgIpc) is 2.36. The van der Waals surface area contributed by atoms with Crippen LogP contribution in [-0.2, 0) is 10.0 Å². The average molecular weight is 311 g/mol. The van der Waals surface area contributed by atoms with Crippen molar-refractivity contribution in [2.45, 2.75) is 25.7 Å². The monoisotopic (exact) mass is 310 g/mol. The van der Waals surface area contributed by atoms with E-state index in [2.05, 4.69) is 9.71 Å². The molecule has 0 aliphatic carbocycles. The molecule has 1 aromatic heterocycles. The number of anilines is 1. The Morgan fingerprint density at radius 3 is 2.40 bits per heavy atom. The number of benzene rings is 1. The lowest BCUT2D eigenvalue weighted by molar-refractivity contribution is 0.600. The van der Waals surface area contributed by atoms with Crippen LogP contribution in [0.4, 0.5) is 5.69 Å². The van der Waals surface area contributed by atoms with E-state index in [1.165, 1.54) is 6.20 Å². The molecule has 6 heteroatoms. The topological polar surface area (TPSA) is 59.1 Å². The first-order valence-electron chi connectivity index (χ1n) is 6.02. The number of sulfonamides is 1. The summed E-state index contributed by atoms with van der Waals surface area (Å²) in [5.74, 6) is 0. The van der Waals surface area contributed by atoms with Gasteiger partial charge in [-0.3, -0.25) is 4.72 Å². The van der Waals surface area contributed by atoms with Crippen LogP contribution >= 0.6 is 11.6 Å². The van der Waals surface area contributed by atoms with Crippen LogP contribution in [0.2, 0.25) is 5.15 Å². The Bertz CT molecular complexity index is 758. The van der Waals surface area contributed by atoms with Gasteiger partial charge in [-0.25, -0.2) is 13.4 Å². The predicted octanol–water partition coefficient (Wildman–Crippen LogP) is 3.46. The number of pyridine rings is 1. The summed E-state index contributed by atoms with van der Waals surface area (Å²) in [7, 11) is -3.68. The second kappa shape index (κ2) is 5.42. The first-order valence-corrected chi connectivity index (χ1v) is 7.88. The van der Waals surface area contributed by atoms with Crippen molar-refractivity contribution in [3.63, 3.8) is 0 Å². The Morgan fingerprint density at radius 1 is 1.10 bits per heavy atom. The molecule has 2 aromatic rings. The molecule has 0 saturated carbocycles. The van der Waals surface area contributed by atoms with Crippen molar-refractivity contribution in [1.29, 1.82) is 0 Å². The van der Waals surface area contributed by atoms with E-state index in [9.17, 15) is 8.42 Å². The van der Waals surface area contributed by atoms with Crippen LogP contribution in [0.25, 0.3) is 0 Å². The van der Waals surface area contributed by atoms with E-state index in [0.29, 0.717) is 5.56 Å². The van der Waals surface area contributed by atoms with E-state index in [4.69, 9.17) is 11.6 Å². The fourth-order valence-corrected chi connectivity index (χ4v) is 3.49. The number of hydrogen-bond donors (Lipinski definition) is 1. The van der Waals surface area contributed by atoms with Crippen molar-refractivity contribution < 1.29 is 8.42 Å². The largest absolute Gasteiger partial charge is 0.276 e. The lowest BCUT2D eigenvalue weighted by atomic mass is 10.1. The van der Waals surface area contributed by atoms with Crippen molar-refractivity contribution in [2.75, 3.05) is 4.72 Å². The second-order valence-corrected chi connectivity index (χ2v) is 6.66. The van der Waals surface area contributed by atoms with E-state index in [1.807, 2.05) is 19.9 Å². The van der Waals surface area contributed by atoms with Crippen molar-refractivity contribution in [2.24, 2.45) is 0 Å². The van der Waals surface area contributed by atoms with Crippen LogP contribution in [0.5, 0.6) is 0 Å². The molecule has 0 bridgehead atoms. The summed E-state index contributed by atoms with van der Waals surface area (Å²) < 4.78 is 27.3. The first-order chi connectivity index (χ1) is 9.31. The van der Waals surface area contributed by atoms with Gasteiger partial charge in [0.25, 0.3) is 10.0 Å². The highest BCUT2D eigenvalue weighted by Crippen LogP contribution is 2.25. The van der Waals surface area contributed by atoms with Gasteiger partial charge in [0.15, 0.2) is 5.15 Å². The van der Waals surface area contributed by atoms with Gasteiger partial charge in [0.05, 0.1) is 10.6 Å². The summed E-state index contributed by atoms with van der Waals surface area (Å²) in [5.41, 5.74) is 2.95. The van der Waals surface area contributed by atoms with Gasteiger partial charge in [-0.05, 0) is 55.7 Å². The molecule has 106 valence electrons. The molecule has 1 N–H and O–H groups in total. The summed E-state index contributed by atoms with van der Waals surface area (Å²) in [6.45, 7) is 5.60. The SMILES string of the molecule is Cc1cc(C)c(S(=O)(=O)Nc2cccnc2Cl)cc1C. The Balaban J connectivity index is 2.47. The quantitative estimate of drug-likeness (QED) is 0.883. The lowest BCUT2D eigenvalue weighted by Gasteiger charge is -2.13. The van der Waals surface area contributed by atoms with Gasteiger partial charge < -0.3 is 0 Å². The molecule has 0 fully saturated rings. The maximum atomic E-state index is 12.4. The third-order valence-electron chi connectivity index (χ3n) is 3.08. The minimum absolute atomic E-state index is 0.123. The summed E-state index contributed by atoms with van der Waals surface area (Å²) >= 11 is 5.88. The third kappa shape index (κ3) is 2.94. The van der Waals surface area contributed by atoms with Crippen molar-refractivity contribution in [3.8, 4) is 0 Å². The van der Waals surface area contributed by atoms with Crippen molar-refractivity contribution in [1.82, 2.24) is 4.98 Å². The third-order valence-corrected chi connectivity index (χ3v) is 4.89. The minimum Gasteiger partial charge on any atom is -0.276 e. The Kier molecular flexibility index (Phi) is 4.01. The molecule has 0 atom stereocenters. The van der Waals surface area contributed by atoms with Crippen LogP contribution in [0, 0.1) is 20.8 Å². The van der Waals surface area contributed by atoms with Crippen molar-refractivity contribution in [3.05, 3.63) is 52.3 Å². The normalized spacial score (nSPS) is 11.4. The molecule has 2 rings (SSSR count). The summed E-state index contributed by atoms with van der Waals surface area (Å²) in [5, 5.41) is 0.123. The fourth-order valence-electron chi connectivity index (χ4n) is 1.89. The number of aryl methyl sites for hydroxylation is 3. The highest BCUT2D eigenvalue weighted by molar-refractivity contribution is 7.92. The summed E-state index contributed by atoms with van der Waals surface area (Å²) in [6, 6.07) is 6.71. The molecule has 0 amide bonds. The van der Waals surface area contributed by atoms with E-state index >= 15 is 0 Å². The van der Waals surface area contributed by atoms with Crippen LogP contribution in [0.3, 0.4) is 0 Å². The number of halogens is 1. The lowest BCUT2D eigenvalue weighted by Crippen LogP contribution is -2.15. The van der Waals surface area contributed by atoms with Gasteiger partial charge >= 0.3 is 0 Å². The summed E-state index contributed by atoms with van der Waals surface area (Å²) in [4.78, 5) is 4.10. The zero-order valence-corrected chi connectivity index (χ0v) is 13.0. The molecule has 1 heterocycles. The smallest absolute Gasteiger partial charge is 0.262 e. The van der Waals surface area contributed by atoms with Gasteiger partial charge in [0.1, 0.15) is 0 Å². The number of hydrogen-bond acceptors (Lipinski definition) is 3. The predicted molar refractivity (Wildman–Crippen MR) is 80.7 cm³/mol. The maximum absolute atomic E-state index is 12.4. The Morgan fingerprint density at radius 2 is 1.75 bits per heavy atom. The first kappa shape index (κ1) is 14.8. The molecule has 0 aliphatic rings. The van der Waals surface area contributed by atoms with Crippen LogP contribution in [0.1, 0.15) is 16.7 Å². The minimum atomic E-state index is -3.68. The van der Waals surface area contributed by atoms with E-state index < -0.39 is 10.0 Å². The Hall–Kier alpha value is -1.59. The summed E-state index contributed by atoms with van der Waals surface area (Å²) in [6.07, 6.45) is 1.50. The van der Waals surface area contributed by atoms with Gasteiger partial charge in [0.2, 0.25) is 0 Å². The highest BCUT2D eigenvalue weighted by Gasteiger charge is 2.19. The molecule has 0 spiro atoms. The van der Waals surface area contributed by atoms with Gasteiger partial charge in [-0.1, -0.05) is 17.7 Å². The molecule has 0 radical (unpaired) electrons. The van der Waals surface area contributed by atoms with Crippen LogP contribution in [0.15, 0.2) is 35.4 Å². The molecule has 0 unspecified atom stereocenters. The van der Waals surface area contributed by atoms with Crippen LogP contribution < -0.4 is 4.72 Å². The number of nitrogens with zero attached hydrogens (tertiary/aromatic N) is 1. The van der Waals surface area contributed by atoms with Crippen LogP contribution in [-0.4, -0.2) is 13.4 Å². The highest BCUT2D eigenvalue weighted by atomic mass is 35.5. The molecular formula is C14H15ClN2O2S. The molecular weight excluding hydrogens is 296 g/mol. The van der Waals surface area contributed by atoms with Gasteiger partial charge in [-0.2, -0.15) is 0 Å². The maximum Gasteiger partial charge on any atom is 0.262 e. The molecule has 20 heavy (non-hydrogen) atoms. The van der Waals surface area contributed by atoms with Gasteiger partial charge in [-0.15, -0.1) is 0 Å². The standard InChI is InChI=1S/C14H15ClN2O2S/c1-9-7-11(3)13(8-10(9)2)20(18,19)17-12-5-4-6-16-14(12)15/h4-8,17H,1-3H3. The number of nitrogens with one attached hydrogen (secondary N) is 1. The Labute approximate surface area is 123 Å². The molecule has 4 nitrogen and oxygen atoms in total. The van der Waals surface area contributed by atoms with E-state index in [-0.39, 0.29) is 15.7 Å². The number of rotatable bonds is 3. The molecule has 0 saturated heterocycles.